The van der Waals surface area contributed by atoms with Gasteiger partial charge in [-0.2, -0.15) is 31.4 Å². The first-order valence-corrected chi connectivity index (χ1v) is 9.12. The molecule has 2 aromatic carbocycles. The van der Waals surface area contributed by atoms with Crippen molar-refractivity contribution >= 4 is 29.5 Å². The van der Waals surface area contributed by atoms with Crippen molar-refractivity contribution in [2.24, 2.45) is 7.05 Å². The van der Waals surface area contributed by atoms with E-state index in [9.17, 15) is 31.1 Å². The minimum atomic E-state index is -4.79. The van der Waals surface area contributed by atoms with Crippen molar-refractivity contribution < 1.29 is 31.1 Å². The largest absolute Gasteiger partial charge is 0.446 e. The number of halogens is 6. The smallest absolute Gasteiger partial charge is 0.279 e. The van der Waals surface area contributed by atoms with Crippen LogP contribution in [0.15, 0.2) is 59.6 Å². The zero-order valence-electron chi connectivity index (χ0n) is 15.2. The third kappa shape index (κ3) is 4.78. The molecule has 30 heavy (non-hydrogen) atoms. The van der Waals surface area contributed by atoms with Crippen LogP contribution in [0.2, 0.25) is 0 Å². The van der Waals surface area contributed by atoms with Crippen LogP contribution in [0, 0.1) is 0 Å². The van der Waals surface area contributed by atoms with Gasteiger partial charge in [0.2, 0.25) is 6.41 Å². The molecule has 3 rings (SSSR count). The van der Waals surface area contributed by atoms with Crippen LogP contribution in [0.5, 0.6) is 0 Å². The molecule has 4 nitrogen and oxygen atoms in total. The summed E-state index contributed by atoms with van der Waals surface area (Å²) in [6.07, 6.45) is -3.49. The maximum Gasteiger partial charge on any atom is 0.446 e. The predicted molar refractivity (Wildman–Crippen MR) is 100 cm³/mol. The van der Waals surface area contributed by atoms with E-state index in [4.69, 9.17) is 0 Å². The summed E-state index contributed by atoms with van der Waals surface area (Å²) in [5.41, 5.74) is -5.21. The molecule has 1 heterocycles. The molecule has 0 atom stereocenters. The fourth-order valence-electron chi connectivity index (χ4n) is 2.86. The van der Waals surface area contributed by atoms with E-state index in [-0.39, 0.29) is 28.8 Å². The Morgan fingerprint density at radius 2 is 1.60 bits per heavy atom. The van der Waals surface area contributed by atoms with Crippen molar-refractivity contribution in [3.8, 4) is 11.1 Å². The van der Waals surface area contributed by atoms with Gasteiger partial charge in [-0.05, 0) is 35.5 Å². The number of nitrogens with zero attached hydrogens (tertiary/aromatic N) is 3. The highest BCUT2D eigenvalue weighted by atomic mass is 32.2. The van der Waals surface area contributed by atoms with Gasteiger partial charge in [0.05, 0.1) is 11.4 Å². The van der Waals surface area contributed by atoms with Gasteiger partial charge in [-0.3, -0.25) is 14.4 Å². The number of hydrogen-bond donors (Lipinski definition) is 0. The third-order valence-electron chi connectivity index (χ3n) is 4.01. The molecule has 0 saturated carbocycles. The highest BCUT2D eigenvalue weighted by Crippen LogP contribution is 2.41. The second-order valence-corrected chi connectivity index (χ2v) is 7.24. The number of rotatable bonds is 5. The fraction of sp³-hybridized carbons (Fsp3) is 0.158. The second-order valence-electron chi connectivity index (χ2n) is 6.10. The average molecular weight is 445 g/mol. The fourth-order valence-corrected chi connectivity index (χ4v) is 3.40. The second kappa shape index (κ2) is 8.05. The molecule has 0 spiro atoms. The number of anilines is 2. The lowest BCUT2D eigenvalue weighted by molar-refractivity contribution is -0.140. The summed E-state index contributed by atoms with van der Waals surface area (Å²) in [6, 6.07) is 11.5. The molecule has 0 saturated heterocycles. The van der Waals surface area contributed by atoms with E-state index in [0.29, 0.717) is 11.1 Å². The summed E-state index contributed by atoms with van der Waals surface area (Å²) in [5.74, 6) is 0. The number of alkyl halides is 6. The Morgan fingerprint density at radius 3 is 2.17 bits per heavy atom. The van der Waals surface area contributed by atoms with Crippen LogP contribution < -0.4 is 4.90 Å². The number of amides is 1. The maximum absolute atomic E-state index is 13.4. The summed E-state index contributed by atoms with van der Waals surface area (Å²) in [4.78, 5) is 12.6. The zero-order chi connectivity index (χ0) is 22.1. The van der Waals surface area contributed by atoms with Crippen LogP contribution in [-0.2, 0) is 18.0 Å². The Labute approximate surface area is 171 Å². The number of hydrogen-bond acceptors (Lipinski definition) is 3. The van der Waals surface area contributed by atoms with E-state index in [1.165, 1.54) is 43.4 Å². The number of aromatic nitrogens is 2. The Bertz CT molecular complexity index is 1040. The molecule has 0 N–H and O–H groups in total. The molecule has 3 aromatic rings. The van der Waals surface area contributed by atoms with Crippen LogP contribution in [0.25, 0.3) is 11.1 Å². The number of aryl methyl sites for hydroxylation is 1. The first-order chi connectivity index (χ1) is 14.0. The molecule has 11 heteroatoms. The summed E-state index contributed by atoms with van der Waals surface area (Å²) < 4.78 is 78.6. The number of carbonyl (C=O) groups is 1. The van der Waals surface area contributed by atoms with Gasteiger partial charge >= 0.3 is 11.7 Å². The monoisotopic (exact) mass is 445 g/mol. The third-order valence-corrected chi connectivity index (χ3v) is 4.74. The van der Waals surface area contributed by atoms with Crippen molar-refractivity contribution in [3.05, 3.63) is 60.4 Å². The molecule has 1 aromatic heterocycles. The molecule has 0 radical (unpaired) electrons. The van der Waals surface area contributed by atoms with E-state index >= 15 is 0 Å². The van der Waals surface area contributed by atoms with E-state index in [1.807, 2.05) is 0 Å². The summed E-state index contributed by atoms with van der Waals surface area (Å²) >= 11 is -0.279. The quantitative estimate of drug-likeness (QED) is 0.274. The minimum Gasteiger partial charge on any atom is -0.279 e. The van der Waals surface area contributed by atoms with Gasteiger partial charge in [0.25, 0.3) is 0 Å². The highest BCUT2D eigenvalue weighted by Gasteiger charge is 2.39. The van der Waals surface area contributed by atoms with E-state index in [2.05, 4.69) is 5.10 Å². The van der Waals surface area contributed by atoms with Crippen molar-refractivity contribution in [1.82, 2.24) is 9.78 Å². The lowest BCUT2D eigenvalue weighted by Crippen LogP contribution is -2.19. The molecule has 0 bridgehead atoms. The van der Waals surface area contributed by atoms with Gasteiger partial charge in [-0.15, -0.1) is 0 Å². The Balaban J connectivity index is 2.06. The minimum absolute atomic E-state index is 0.0393. The molecule has 0 aliphatic heterocycles. The molecule has 1 amide bonds. The summed E-state index contributed by atoms with van der Waals surface area (Å²) in [5, 5.41) is 3.41. The van der Waals surface area contributed by atoms with Crippen molar-refractivity contribution in [2.75, 3.05) is 4.90 Å². The number of para-hydroxylation sites is 1. The zero-order valence-corrected chi connectivity index (χ0v) is 16.0. The van der Waals surface area contributed by atoms with Crippen molar-refractivity contribution in [2.45, 2.75) is 16.6 Å². The topological polar surface area (TPSA) is 38.1 Å². The van der Waals surface area contributed by atoms with E-state index < -0.39 is 23.1 Å². The molecular weight excluding hydrogens is 432 g/mol. The van der Waals surface area contributed by atoms with Gasteiger partial charge in [0, 0.05) is 23.7 Å². The van der Waals surface area contributed by atoms with Crippen molar-refractivity contribution in [1.29, 1.82) is 0 Å². The van der Waals surface area contributed by atoms with Gasteiger partial charge < -0.3 is 0 Å². The number of benzene rings is 2. The average Bonchev–Trinajstić information content (AvgIpc) is 3.04. The normalized spacial score (nSPS) is 12.1. The highest BCUT2D eigenvalue weighted by molar-refractivity contribution is 8.00. The van der Waals surface area contributed by atoms with Crippen LogP contribution in [0.4, 0.5) is 37.7 Å². The van der Waals surface area contributed by atoms with Gasteiger partial charge in [0.15, 0.2) is 5.69 Å². The molecule has 0 aliphatic carbocycles. The maximum atomic E-state index is 13.4. The predicted octanol–water partition coefficient (Wildman–Crippen LogP) is 6.01. The SMILES string of the molecule is Cn1cc(N(C=O)c2ccccc2-c2ccc(SC(F)(F)F)cc2)c(C(F)(F)F)n1. The van der Waals surface area contributed by atoms with Crippen molar-refractivity contribution in [3.63, 3.8) is 0 Å². The van der Waals surface area contributed by atoms with E-state index in [0.717, 1.165) is 15.8 Å². The summed E-state index contributed by atoms with van der Waals surface area (Å²) in [6.45, 7) is 0. The first-order valence-electron chi connectivity index (χ1n) is 8.30. The Morgan fingerprint density at radius 1 is 0.967 bits per heavy atom. The number of thioether (sulfide) groups is 1. The molecule has 0 unspecified atom stereocenters. The standard InChI is InChI=1S/C19H13F6N3OS/c1-27-10-16(17(26-27)18(20,21)22)28(11-29)15-5-3-2-4-14(15)12-6-8-13(9-7-12)30-19(23,24)25/h2-11H,1H3. The molecule has 0 aliphatic rings. The first kappa shape index (κ1) is 21.8. The van der Waals surface area contributed by atoms with Gasteiger partial charge in [-0.1, -0.05) is 30.3 Å². The number of carbonyl (C=O) groups excluding carboxylic acids is 1. The molecule has 158 valence electrons. The van der Waals surface area contributed by atoms with Crippen LogP contribution in [0.3, 0.4) is 0 Å². The Hall–Kier alpha value is -2.95. The van der Waals surface area contributed by atoms with Crippen LogP contribution in [-0.4, -0.2) is 21.7 Å². The molecule has 0 fully saturated rings. The van der Waals surface area contributed by atoms with E-state index in [1.54, 1.807) is 12.1 Å². The lowest BCUT2D eigenvalue weighted by Gasteiger charge is -2.21. The van der Waals surface area contributed by atoms with Crippen LogP contribution in [0.1, 0.15) is 5.69 Å². The van der Waals surface area contributed by atoms with Gasteiger partial charge in [0.1, 0.15) is 0 Å². The summed E-state index contributed by atoms with van der Waals surface area (Å²) in [7, 11) is 1.30. The lowest BCUT2D eigenvalue weighted by atomic mass is 10.0. The molecular formula is C19H13F6N3OS. The van der Waals surface area contributed by atoms with Gasteiger partial charge in [-0.25, -0.2) is 0 Å². The Kier molecular flexibility index (Phi) is 5.84. The van der Waals surface area contributed by atoms with Crippen LogP contribution >= 0.6 is 11.8 Å².